The van der Waals surface area contributed by atoms with Crippen LogP contribution < -0.4 is 0 Å². The number of carbonyl (C=O) groups is 1. The molecule has 8 heteroatoms. The van der Waals surface area contributed by atoms with Crippen LogP contribution in [0.2, 0.25) is 5.02 Å². The van der Waals surface area contributed by atoms with Crippen LogP contribution in [0.5, 0.6) is 0 Å². The number of esters is 1. The van der Waals surface area contributed by atoms with E-state index in [9.17, 15) is 13.2 Å². The number of benzene rings is 1. The molecule has 1 saturated heterocycles. The number of rotatable bonds is 7. The van der Waals surface area contributed by atoms with E-state index in [-0.39, 0.29) is 22.1 Å². The summed E-state index contributed by atoms with van der Waals surface area (Å²) in [5.41, 5.74) is 1.18. The first-order valence-electron chi connectivity index (χ1n) is 8.84. The van der Waals surface area contributed by atoms with Crippen molar-refractivity contribution in [1.82, 2.24) is 9.29 Å². The van der Waals surface area contributed by atoms with Crippen molar-refractivity contribution in [3.63, 3.8) is 0 Å². The van der Waals surface area contributed by atoms with Gasteiger partial charge in [0.05, 0.1) is 22.1 Å². The molecular weight excluding hydrogens is 388 g/mol. The lowest BCUT2D eigenvalue weighted by Crippen LogP contribution is -2.28. The van der Waals surface area contributed by atoms with Gasteiger partial charge < -0.3 is 4.74 Å². The third-order valence-electron chi connectivity index (χ3n) is 4.45. The molecule has 1 aromatic carbocycles. The molecule has 0 N–H and O–H groups in total. The van der Waals surface area contributed by atoms with Crippen LogP contribution in [0.25, 0.3) is 0 Å². The van der Waals surface area contributed by atoms with Gasteiger partial charge in [0, 0.05) is 25.5 Å². The van der Waals surface area contributed by atoms with Crippen LogP contribution in [0.4, 0.5) is 0 Å². The zero-order valence-corrected chi connectivity index (χ0v) is 16.4. The standard InChI is InChI=1S/C19H21ClN2O4S/c20-18-6-5-16(27(24,25)22-11-1-2-12-22)14-17(18)19(23)26-13-3-4-15-7-9-21-10-8-15/h5-10,14H,1-4,11-13H2. The number of hydrogen-bond donors (Lipinski definition) is 0. The maximum Gasteiger partial charge on any atom is 0.339 e. The van der Waals surface area contributed by atoms with Gasteiger partial charge in [0.2, 0.25) is 10.0 Å². The van der Waals surface area contributed by atoms with Crippen LogP contribution in [0.15, 0.2) is 47.6 Å². The summed E-state index contributed by atoms with van der Waals surface area (Å²) >= 11 is 6.09. The highest BCUT2D eigenvalue weighted by molar-refractivity contribution is 7.89. The minimum Gasteiger partial charge on any atom is -0.462 e. The quantitative estimate of drug-likeness (QED) is 0.519. The molecule has 0 saturated carbocycles. The molecule has 1 aliphatic rings. The van der Waals surface area contributed by atoms with Gasteiger partial charge in [-0.05, 0) is 61.6 Å². The van der Waals surface area contributed by atoms with Gasteiger partial charge in [0.25, 0.3) is 0 Å². The third-order valence-corrected chi connectivity index (χ3v) is 6.68. The van der Waals surface area contributed by atoms with Crippen molar-refractivity contribution < 1.29 is 17.9 Å². The van der Waals surface area contributed by atoms with Gasteiger partial charge in [-0.3, -0.25) is 4.98 Å². The summed E-state index contributed by atoms with van der Waals surface area (Å²) in [5.74, 6) is -0.617. The average Bonchev–Trinajstić information content (AvgIpc) is 3.22. The molecule has 3 rings (SSSR count). The Bertz CT molecular complexity index is 897. The number of aryl methyl sites for hydroxylation is 1. The number of hydrogen-bond acceptors (Lipinski definition) is 5. The maximum absolute atomic E-state index is 12.7. The fourth-order valence-corrected chi connectivity index (χ4v) is 4.71. The van der Waals surface area contributed by atoms with E-state index in [2.05, 4.69) is 4.98 Å². The first kappa shape index (κ1) is 19.8. The lowest BCUT2D eigenvalue weighted by atomic mass is 10.1. The number of ether oxygens (including phenoxy) is 1. The van der Waals surface area contributed by atoms with E-state index in [0.717, 1.165) is 24.8 Å². The summed E-state index contributed by atoms with van der Waals surface area (Å²) in [6, 6.07) is 7.98. The van der Waals surface area contributed by atoms with Crippen molar-refractivity contribution in [3.05, 3.63) is 58.9 Å². The zero-order chi connectivity index (χ0) is 19.3. The first-order chi connectivity index (χ1) is 13.0. The Balaban J connectivity index is 1.64. The summed E-state index contributed by atoms with van der Waals surface area (Å²) in [7, 11) is -3.61. The van der Waals surface area contributed by atoms with Crippen LogP contribution >= 0.6 is 11.6 Å². The highest BCUT2D eigenvalue weighted by atomic mass is 35.5. The largest absolute Gasteiger partial charge is 0.462 e. The number of sulfonamides is 1. The fourth-order valence-electron chi connectivity index (χ4n) is 2.97. The molecule has 1 aromatic heterocycles. The third kappa shape index (κ3) is 4.86. The summed E-state index contributed by atoms with van der Waals surface area (Å²) < 4.78 is 32.0. The Morgan fingerprint density at radius 3 is 2.56 bits per heavy atom. The van der Waals surface area contributed by atoms with E-state index in [1.54, 1.807) is 12.4 Å². The van der Waals surface area contributed by atoms with Gasteiger partial charge in [0.1, 0.15) is 0 Å². The Morgan fingerprint density at radius 2 is 1.85 bits per heavy atom. The molecule has 0 amide bonds. The molecule has 0 radical (unpaired) electrons. The van der Waals surface area contributed by atoms with Gasteiger partial charge >= 0.3 is 5.97 Å². The molecule has 1 aliphatic heterocycles. The second-order valence-electron chi connectivity index (χ2n) is 6.35. The first-order valence-corrected chi connectivity index (χ1v) is 10.7. The number of aromatic nitrogens is 1. The Hall–Kier alpha value is -1.96. The van der Waals surface area contributed by atoms with E-state index in [0.29, 0.717) is 19.5 Å². The molecule has 0 atom stereocenters. The van der Waals surface area contributed by atoms with E-state index >= 15 is 0 Å². The molecule has 6 nitrogen and oxygen atoms in total. The van der Waals surface area contributed by atoms with Gasteiger partial charge in [-0.25, -0.2) is 13.2 Å². The van der Waals surface area contributed by atoms with E-state index in [4.69, 9.17) is 16.3 Å². The van der Waals surface area contributed by atoms with Gasteiger partial charge in [-0.1, -0.05) is 11.6 Å². The predicted molar refractivity (Wildman–Crippen MR) is 102 cm³/mol. The molecule has 2 aromatic rings. The molecule has 27 heavy (non-hydrogen) atoms. The minimum absolute atomic E-state index is 0.0672. The van der Waals surface area contributed by atoms with E-state index < -0.39 is 16.0 Å². The summed E-state index contributed by atoms with van der Waals surface area (Å²) in [4.78, 5) is 16.4. The van der Waals surface area contributed by atoms with E-state index in [1.165, 1.54) is 22.5 Å². The lowest BCUT2D eigenvalue weighted by Gasteiger charge is -2.16. The second-order valence-corrected chi connectivity index (χ2v) is 8.69. The lowest BCUT2D eigenvalue weighted by molar-refractivity contribution is 0.0500. The molecule has 0 bridgehead atoms. The molecule has 0 unspecified atom stereocenters. The van der Waals surface area contributed by atoms with Crippen molar-refractivity contribution in [2.45, 2.75) is 30.6 Å². The van der Waals surface area contributed by atoms with Crippen LogP contribution in [0, 0.1) is 0 Å². The van der Waals surface area contributed by atoms with Crippen LogP contribution in [0.1, 0.15) is 35.2 Å². The Morgan fingerprint density at radius 1 is 1.15 bits per heavy atom. The summed E-state index contributed by atoms with van der Waals surface area (Å²) in [5, 5.41) is 0.175. The van der Waals surface area contributed by atoms with Crippen LogP contribution in [-0.4, -0.2) is 43.4 Å². The predicted octanol–water partition coefficient (Wildman–Crippen LogP) is 3.31. The van der Waals surface area contributed by atoms with Crippen LogP contribution in [-0.2, 0) is 21.2 Å². The topological polar surface area (TPSA) is 76.6 Å². The van der Waals surface area contributed by atoms with Gasteiger partial charge in [-0.2, -0.15) is 4.31 Å². The molecule has 1 fully saturated rings. The van der Waals surface area contributed by atoms with Gasteiger partial charge in [-0.15, -0.1) is 0 Å². The highest BCUT2D eigenvalue weighted by Crippen LogP contribution is 2.25. The summed E-state index contributed by atoms with van der Waals surface area (Å²) in [6.07, 6.45) is 6.53. The molecule has 2 heterocycles. The average molecular weight is 409 g/mol. The fraction of sp³-hybridized carbons (Fsp3) is 0.368. The zero-order valence-electron chi connectivity index (χ0n) is 14.8. The number of halogens is 1. The van der Waals surface area contributed by atoms with Crippen molar-refractivity contribution in [1.29, 1.82) is 0 Å². The minimum atomic E-state index is -3.61. The maximum atomic E-state index is 12.7. The smallest absolute Gasteiger partial charge is 0.339 e. The SMILES string of the molecule is O=C(OCCCc1ccncc1)c1cc(S(=O)(=O)N2CCCC2)ccc1Cl. The molecule has 144 valence electrons. The normalized spacial score (nSPS) is 15.0. The number of pyridine rings is 1. The molecule has 0 aliphatic carbocycles. The number of carbonyl (C=O) groups excluding carboxylic acids is 1. The van der Waals surface area contributed by atoms with Crippen molar-refractivity contribution >= 4 is 27.6 Å². The second kappa shape index (κ2) is 8.82. The monoisotopic (exact) mass is 408 g/mol. The molecule has 0 spiro atoms. The van der Waals surface area contributed by atoms with Crippen molar-refractivity contribution in [2.24, 2.45) is 0 Å². The molecular formula is C19H21ClN2O4S. The van der Waals surface area contributed by atoms with Gasteiger partial charge in [0.15, 0.2) is 0 Å². The van der Waals surface area contributed by atoms with Crippen molar-refractivity contribution in [3.8, 4) is 0 Å². The summed E-state index contributed by atoms with van der Waals surface area (Å²) in [6.45, 7) is 1.22. The van der Waals surface area contributed by atoms with Crippen LogP contribution in [0.3, 0.4) is 0 Å². The Labute approximate surface area is 164 Å². The number of nitrogens with zero attached hydrogens (tertiary/aromatic N) is 2. The van der Waals surface area contributed by atoms with Crippen molar-refractivity contribution in [2.75, 3.05) is 19.7 Å². The van der Waals surface area contributed by atoms with E-state index in [1.807, 2.05) is 12.1 Å². The Kier molecular flexibility index (Phi) is 6.46. The highest BCUT2D eigenvalue weighted by Gasteiger charge is 2.28.